The van der Waals surface area contributed by atoms with Crippen LogP contribution in [0.3, 0.4) is 0 Å². The predicted molar refractivity (Wildman–Crippen MR) is 64.2 cm³/mol. The van der Waals surface area contributed by atoms with E-state index >= 15 is 0 Å². The van der Waals surface area contributed by atoms with Crippen LogP contribution in [0.2, 0.25) is 5.02 Å². The fourth-order valence-corrected chi connectivity index (χ4v) is 1.66. The molecule has 0 radical (unpaired) electrons. The molecule has 0 aliphatic heterocycles. The van der Waals surface area contributed by atoms with Crippen LogP contribution in [0.5, 0.6) is 0 Å². The van der Waals surface area contributed by atoms with Gasteiger partial charge in [0.2, 0.25) is 0 Å². The SMILES string of the molecule is C/C(=C/CCCl)Cc1ccc(F)c(Cl)c1. The molecule has 0 aliphatic carbocycles. The summed E-state index contributed by atoms with van der Waals surface area (Å²) < 4.78 is 12.9. The summed E-state index contributed by atoms with van der Waals surface area (Å²) in [6.45, 7) is 2.03. The quantitative estimate of drug-likeness (QED) is 0.539. The smallest absolute Gasteiger partial charge is 0.141 e. The Hall–Kier alpha value is -0.530. The maximum atomic E-state index is 12.9. The van der Waals surface area contributed by atoms with Crippen LogP contribution in [0.25, 0.3) is 0 Å². The highest BCUT2D eigenvalue weighted by Crippen LogP contribution is 2.18. The molecule has 0 aromatic heterocycles. The summed E-state index contributed by atoms with van der Waals surface area (Å²) in [6, 6.07) is 4.81. The molecule has 0 fully saturated rings. The molecule has 0 aliphatic rings. The predicted octanol–water partition coefficient (Wildman–Crippen LogP) is 4.60. The topological polar surface area (TPSA) is 0 Å². The van der Waals surface area contributed by atoms with E-state index in [0.717, 1.165) is 18.4 Å². The van der Waals surface area contributed by atoms with Crippen LogP contribution < -0.4 is 0 Å². The van der Waals surface area contributed by atoms with Crippen LogP contribution >= 0.6 is 23.2 Å². The molecular weight excluding hydrogens is 234 g/mol. The van der Waals surface area contributed by atoms with E-state index in [4.69, 9.17) is 23.2 Å². The molecule has 0 N–H and O–H groups in total. The summed E-state index contributed by atoms with van der Waals surface area (Å²) in [4.78, 5) is 0. The highest BCUT2D eigenvalue weighted by molar-refractivity contribution is 6.30. The van der Waals surface area contributed by atoms with Gasteiger partial charge in [-0.25, -0.2) is 4.39 Å². The van der Waals surface area contributed by atoms with E-state index in [1.165, 1.54) is 11.6 Å². The second-order valence-electron chi connectivity index (χ2n) is 3.45. The number of benzene rings is 1. The van der Waals surface area contributed by atoms with Gasteiger partial charge in [-0.2, -0.15) is 0 Å². The Morgan fingerprint density at radius 2 is 2.20 bits per heavy atom. The van der Waals surface area contributed by atoms with Crippen molar-refractivity contribution in [1.29, 1.82) is 0 Å². The van der Waals surface area contributed by atoms with Gasteiger partial charge in [0.25, 0.3) is 0 Å². The monoisotopic (exact) mass is 246 g/mol. The molecular formula is C12H13Cl2F. The maximum Gasteiger partial charge on any atom is 0.141 e. The van der Waals surface area contributed by atoms with Crippen molar-refractivity contribution < 1.29 is 4.39 Å². The van der Waals surface area contributed by atoms with Crippen molar-refractivity contribution in [2.75, 3.05) is 5.88 Å². The molecule has 15 heavy (non-hydrogen) atoms. The molecule has 0 nitrogen and oxygen atoms in total. The number of alkyl halides is 1. The van der Waals surface area contributed by atoms with E-state index in [1.54, 1.807) is 12.1 Å². The number of allylic oxidation sites excluding steroid dienone is 2. The van der Waals surface area contributed by atoms with Crippen molar-refractivity contribution in [2.45, 2.75) is 19.8 Å². The van der Waals surface area contributed by atoms with E-state index < -0.39 is 0 Å². The van der Waals surface area contributed by atoms with Gasteiger partial charge < -0.3 is 0 Å². The minimum absolute atomic E-state index is 0.178. The number of hydrogen-bond donors (Lipinski definition) is 0. The van der Waals surface area contributed by atoms with Gasteiger partial charge in [-0.1, -0.05) is 29.3 Å². The molecule has 0 heterocycles. The van der Waals surface area contributed by atoms with Crippen LogP contribution in [0.15, 0.2) is 29.8 Å². The fraction of sp³-hybridized carbons (Fsp3) is 0.333. The third kappa shape index (κ3) is 4.23. The standard InChI is InChI=1S/C12H13Cl2F/c1-9(3-2-6-13)7-10-4-5-12(15)11(14)8-10/h3-5,8H,2,6-7H2,1H3/b9-3-. The summed E-state index contributed by atoms with van der Waals surface area (Å²) in [5, 5.41) is 0.178. The molecule has 0 saturated carbocycles. The van der Waals surface area contributed by atoms with Crippen LogP contribution in [-0.4, -0.2) is 5.88 Å². The molecule has 3 heteroatoms. The Morgan fingerprint density at radius 3 is 2.80 bits per heavy atom. The van der Waals surface area contributed by atoms with Crippen molar-refractivity contribution in [2.24, 2.45) is 0 Å². The van der Waals surface area contributed by atoms with E-state index in [-0.39, 0.29) is 10.8 Å². The maximum absolute atomic E-state index is 12.9. The van der Waals surface area contributed by atoms with E-state index in [2.05, 4.69) is 6.08 Å². The summed E-state index contributed by atoms with van der Waals surface area (Å²) in [5.41, 5.74) is 2.24. The summed E-state index contributed by atoms with van der Waals surface area (Å²) in [6.07, 6.45) is 3.74. The highest BCUT2D eigenvalue weighted by Gasteiger charge is 2.01. The lowest BCUT2D eigenvalue weighted by molar-refractivity contribution is 0.627. The van der Waals surface area contributed by atoms with E-state index in [1.807, 2.05) is 6.92 Å². The van der Waals surface area contributed by atoms with Crippen LogP contribution in [0.1, 0.15) is 18.9 Å². The van der Waals surface area contributed by atoms with Crippen LogP contribution in [0.4, 0.5) is 4.39 Å². The molecule has 0 bridgehead atoms. The first kappa shape index (κ1) is 12.5. The van der Waals surface area contributed by atoms with Crippen molar-refractivity contribution in [1.82, 2.24) is 0 Å². The largest absolute Gasteiger partial charge is 0.205 e. The van der Waals surface area contributed by atoms with Crippen LogP contribution in [-0.2, 0) is 6.42 Å². The lowest BCUT2D eigenvalue weighted by Crippen LogP contribution is -1.89. The van der Waals surface area contributed by atoms with Gasteiger partial charge in [-0.15, -0.1) is 11.6 Å². The zero-order valence-electron chi connectivity index (χ0n) is 8.56. The average Bonchev–Trinajstić information content (AvgIpc) is 2.20. The Bertz CT molecular complexity index is 359. The fourth-order valence-electron chi connectivity index (χ4n) is 1.34. The van der Waals surface area contributed by atoms with E-state index in [9.17, 15) is 4.39 Å². The number of halogens is 3. The molecule has 1 aromatic carbocycles. The first-order valence-corrected chi connectivity index (χ1v) is 5.70. The highest BCUT2D eigenvalue weighted by atomic mass is 35.5. The van der Waals surface area contributed by atoms with Gasteiger partial charge in [0.05, 0.1) is 5.02 Å². The lowest BCUT2D eigenvalue weighted by Gasteiger charge is -2.03. The van der Waals surface area contributed by atoms with Gasteiger partial charge in [0.15, 0.2) is 0 Å². The van der Waals surface area contributed by atoms with Gasteiger partial charge in [-0.05, 0) is 37.5 Å². The van der Waals surface area contributed by atoms with Crippen molar-refractivity contribution >= 4 is 23.2 Å². The third-order valence-corrected chi connectivity index (χ3v) is 2.58. The molecule has 1 aromatic rings. The summed E-state index contributed by atoms with van der Waals surface area (Å²) in [5.74, 6) is 0.254. The zero-order chi connectivity index (χ0) is 11.3. The molecule has 1 rings (SSSR count). The Morgan fingerprint density at radius 1 is 1.47 bits per heavy atom. The van der Waals surface area contributed by atoms with Crippen molar-refractivity contribution in [3.05, 3.63) is 46.3 Å². The van der Waals surface area contributed by atoms with Gasteiger partial charge in [0, 0.05) is 5.88 Å². The number of hydrogen-bond acceptors (Lipinski definition) is 0. The first-order chi connectivity index (χ1) is 7.13. The van der Waals surface area contributed by atoms with E-state index in [0.29, 0.717) is 5.88 Å². The second-order valence-corrected chi connectivity index (χ2v) is 4.24. The normalized spacial score (nSPS) is 11.9. The van der Waals surface area contributed by atoms with Crippen LogP contribution in [0, 0.1) is 5.82 Å². The molecule has 0 unspecified atom stereocenters. The molecule has 82 valence electrons. The molecule has 0 amide bonds. The molecule has 0 atom stereocenters. The molecule has 0 saturated heterocycles. The number of rotatable bonds is 4. The average molecular weight is 247 g/mol. The summed E-state index contributed by atoms with van der Waals surface area (Å²) in [7, 11) is 0. The first-order valence-electron chi connectivity index (χ1n) is 4.79. The Kier molecular flexibility index (Phi) is 5.13. The minimum atomic E-state index is -0.372. The minimum Gasteiger partial charge on any atom is -0.205 e. The third-order valence-electron chi connectivity index (χ3n) is 2.07. The summed E-state index contributed by atoms with van der Waals surface area (Å²) >= 11 is 11.3. The van der Waals surface area contributed by atoms with Gasteiger partial charge in [-0.3, -0.25) is 0 Å². The van der Waals surface area contributed by atoms with Crippen molar-refractivity contribution in [3.63, 3.8) is 0 Å². The van der Waals surface area contributed by atoms with Crippen molar-refractivity contribution in [3.8, 4) is 0 Å². The zero-order valence-corrected chi connectivity index (χ0v) is 10.1. The van der Waals surface area contributed by atoms with Gasteiger partial charge in [0.1, 0.15) is 5.82 Å². The van der Waals surface area contributed by atoms with Gasteiger partial charge >= 0.3 is 0 Å². The molecule has 0 spiro atoms. The Labute approximate surface area is 99.7 Å². The Balaban J connectivity index is 2.68. The second kappa shape index (κ2) is 6.14. The lowest BCUT2D eigenvalue weighted by atomic mass is 10.1.